The minimum atomic E-state index is -0.530. The first-order valence-electron chi connectivity index (χ1n) is 7.35. The van der Waals surface area contributed by atoms with Crippen molar-refractivity contribution in [2.75, 3.05) is 20.3 Å². The molecule has 0 atom stereocenters. The molecule has 0 N–H and O–H groups in total. The van der Waals surface area contributed by atoms with Crippen LogP contribution < -0.4 is 14.2 Å². The Morgan fingerprint density at radius 2 is 2.04 bits per heavy atom. The lowest BCUT2D eigenvalue weighted by Gasteiger charge is -2.21. The number of rotatable bonds is 4. The molecule has 0 fully saturated rings. The molecule has 0 saturated carbocycles. The van der Waals surface area contributed by atoms with Gasteiger partial charge in [0.25, 0.3) is 0 Å². The normalized spacial score (nSPS) is 12.2. The zero-order valence-electron chi connectivity index (χ0n) is 13.1. The third kappa shape index (κ3) is 3.10. The van der Waals surface area contributed by atoms with Crippen molar-refractivity contribution >= 4 is 5.97 Å². The van der Waals surface area contributed by atoms with Gasteiger partial charge in [0, 0.05) is 5.56 Å². The largest absolute Gasteiger partial charge is 0.493 e. The highest BCUT2D eigenvalue weighted by molar-refractivity contribution is 5.91. The number of fused-ring (bicyclic) bond motifs is 1. The highest BCUT2D eigenvalue weighted by Crippen LogP contribution is 2.40. The van der Waals surface area contributed by atoms with Crippen LogP contribution in [0.3, 0.4) is 0 Å². The number of nitriles is 1. The smallest absolute Gasteiger partial charge is 0.338 e. The number of nitrogens with zero attached hydrogens (tertiary/aromatic N) is 1. The number of hydrogen-bond donors (Lipinski definition) is 0. The van der Waals surface area contributed by atoms with Crippen LogP contribution in [0.2, 0.25) is 0 Å². The third-order valence-corrected chi connectivity index (χ3v) is 3.56. The summed E-state index contributed by atoms with van der Waals surface area (Å²) >= 11 is 0. The van der Waals surface area contributed by atoms with Gasteiger partial charge in [-0.1, -0.05) is 18.2 Å². The lowest BCUT2D eigenvalue weighted by atomic mass is 10.1. The lowest BCUT2D eigenvalue weighted by molar-refractivity contribution is 0.0471. The number of carbonyl (C=O) groups is 1. The summed E-state index contributed by atoms with van der Waals surface area (Å²) < 4.78 is 21.6. The number of benzene rings is 2. The van der Waals surface area contributed by atoms with Gasteiger partial charge >= 0.3 is 5.97 Å². The second-order valence-electron chi connectivity index (χ2n) is 5.05. The van der Waals surface area contributed by atoms with E-state index >= 15 is 0 Å². The molecule has 0 amide bonds. The van der Waals surface area contributed by atoms with E-state index in [1.807, 2.05) is 0 Å². The Morgan fingerprint density at radius 1 is 1.25 bits per heavy atom. The van der Waals surface area contributed by atoms with Crippen LogP contribution in [0.4, 0.5) is 0 Å². The van der Waals surface area contributed by atoms with Crippen molar-refractivity contribution in [1.29, 1.82) is 5.26 Å². The van der Waals surface area contributed by atoms with Crippen molar-refractivity contribution in [3.8, 4) is 23.3 Å². The molecule has 0 aromatic heterocycles. The van der Waals surface area contributed by atoms with Gasteiger partial charge < -0.3 is 18.9 Å². The molecule has 0 spiro atoms. The lowest BCUT2D eigenvalue weighted by Crippen LogP contribution is -2.17. The molecule has 1 heterocycles. The van der Waals surface area contributed by atoms with Crippen LogP contribution in [0.5, 0.6) is 17.2 Å². The van der Waals surface area contributed by atoms with E-state index in [4.69, 9.17) is 24.2 Å². The van der Waals surface area contributed by atoms with Gasteiger partial charge in [-0.25, -0.2) is 4.79 Å². The molecule has 0 radical (unpaired) electrons. The van der Waals surface area contributed by atoms with Crippen LogP contribution in [0.1, 0.15) is 21.5 Å². The summed E-state index contributed by atoms with van der Waals surface area (Å²) in [6.07, 6.45) is 0. The Bertz CT molecular complexity index is 792. The number of ether oxygens (including phenoxy) is 4. The summed E-state index contributed by atoms with van der Waals surface area (Å²) in [5.41, 5.74) is 1.42. The fraction of sp³-hybridized carbons (Fsp3) is 0.222. The zero-order chi connectivity index (χ0) is 16.9. The third-order valence-electron chi connectivity index (χ3n) is 3.56. The van der Waals surface area contributed by atoms with Crippen molar-refractivity contribution in [2.45, 2.75) is 6.61 Å². The summed E-state index contributed by atoms with van der Waals surface area (Å²) in [5, 5.41) is 9.06. The molecule has 0 aliphatic carbocycles. The van der Waals surface area contributed by atoms with Gasteiger partial charge in [0.05, 0.1) is 24.3 Å². The fourth-order valence-electron chi connectivity index (χ4n) is 2.37. The highest BCUT2D eigenvalue weighted by Gasteiger charge is 2.21. The van der Waals surface area contributed by atoms with Crippen molar-refractivity contribution in [3.05, 3.63) is 53.1 Å². The first-order valence-corrected chi connectivity index (χ1v) is 7.35. The molecular formula is C18H15NO5. The Hall–Kier alpha value is -3.20. The molecule has 3 rings (SSSR count). The average Bonchev–Trinajstić information content (AvgIpc) is 2.65. The molecule has 1 aliphatic heterocycles. The maximum absolute atomic E-state index is 12.3. The quantitative estimate of drug-likeness (QED) is 0.804. The summed E-state index contributed by atoms with van der Waals surface area (Å²) in [6, 6.07) is 12.2. The van der Waals surface area contributed by atoms with Gasteiger partial charge in [0.1, 0.15) is 19.8 Å². The highest BCUT2D eigenvalue weighted by atomic mass is 16.6. The van der Waals surface area contributed by atoms with Crippen molar-refractivity contribution in [3.63, 3.8) is 0 Å². The predicted molar refractivity (Wildman–Crippen MR) is 84.3 cm³/mol. The molecule has 2 aromatic carbocycles. The van der Waals surface area contributed by atoms with Gasteiger partial charge in [0.15, 0.2) is 11.5 Å². The van der Waals surface area contributed by atoms with Crippen LogP contribution in [0.25, 0.3) is 0 Å². The summed E-state index contributed by atoms with van der Waals surface area (Å²) in [5.74, 6) is 0.815. The van der Waals surface area contributed by atoms with Crippen LogP contribution in [-0.2, 0) is 11.3 Å². The topological polar surface area (TPSA) is 77.8 Å². The number of carbonyl (C=O) groups excluding carboxylic acids is 1. The van der Waals surface area contributed by atoms with Gasteiger partial charge in [-0.3, -0.25) is 0 Å². The van der Waals surface area contributed by atoms with E-state index in [1.54, 1.807) is 36.4 Å². The van der Waals surface area contributed by atoms with Crippen molar-refractivity contribution in [2.24, 2.45) is 0 Å². The monoisotopic (exact) mass is 325 g/mol. The van der Waals surface area contributed by atoms with Crippen molar-refractivity contribution in [1.82, 2.24) is 0 Å². The average molecular weight is 325 g/mol. The number of esters is 1. The zero-order valence-corrected chi connectivity index (χ0v) is 13.1. The van der Waals surface area contributed by atoms with E-state index < -0.39 is 5.97 Å². The Kier molecular flexibility index (Phi) is 4.52. The maximum Gasteiger partial charge on any atom is 0.338 e. The van der Waals surface area contributed by atoms with Gasteiger partial charge in [0.2, 0.25) is 5.75 Å². The molecule has 2 aromatic rings. The molecule has 6 nitrogen and oxygen atoms in total. The summed E-state index contributed by atoms with van der Waals surface area (Å²) in [4.78, 5) is 12.3. The molecule has 6 heteroatoms. The van der Waals surface area contributed by atoms with Crippen LogP contribution in [0, 0.1) is 11.3 Å². The van der Waals surface area contributed by atoms with Crippen molar-refractivity contribution < 1.29 is 23.7 Å². The van der Waals surface area contributed by atoms with E-state index in [0.29, 0.717) is 47.2 Å². The fourth-order valence-corrected chi connectivity index (χ4v) is 2.37. The van der Waals surface area contributed by atoms with Gasteiger partial charge in [-0.05, 0) is 18.2 Å². The molecule has 24 heavy (non-hydrogen) atoms. The molecule has 1 aliphatic rings. The number of methoxy groups -OCH3 is 1. The first kappa shape index (κ1) is 15.7. The van der Waals surface area contributed by atoms with E-state index in [0.717, 1.165) is 0 Å². The summed E-state index contributed by atoms with van der Waals surface area (Å²) in [7, 11) is 1.49. The predicted octanol–water partition coefficient (Wildman–Crippen LogP) is 2.70. The van der Waals surface area contributed by atoms with Gasteiger partial charge in [-0.2, -0.15) is 5.26 Å². The van der Waals surface area contributed by atoms with Crippen LogP contribution >= 0.6 is 0 Å². The minimum absolute atomic E-state index is 0.0132. The van der Waals surface area contributed by atoms with Gasteiger partial charge in [-0.15, -0.1) is 0 Å². The molecule has 0 unspecified atom stereocenters. The standard InChI is InChI=1S/C18H15NO5/c1-21-15-8-14(9-16-17(15)23-7-6-22-16)18(20)24-11-13-5-3-2-4-12(13)10-19/h2-5,8-9H,6-7,11H2,1H3. The maximum atomic E-state index is 12.3. The van der Waals surface area contributed by atoms with Crippen LogP contribution in [-0.4, -0.2) is 26.3 Å². The molecular weight excluding hydrogens is 310 g/mol. The molecule has 0 saturated heterocycles. The minimum Gasteiger partial charge on any atom is -0.493 e. The van der Waals surface area contributed by atoms with Crippen LogP contribution in [0.15, 0.2) is 36.4 Å². The second-order valence-corrected chi connectivity index (χ2v) is 5.05. The van der Waals surface area contributed by atoms with E-state index in [9.17, 15) is 4.79 Å². The summed E-state index contributed by atoms with van der Waals surface area (Å²) in [6.45, 7) is 0.849. The SMILES string of the molecule is COc1cc(C(=O)OCc2ccccc2C#N)cc2c1OCCO2. The van der Waals surface area contributed by atoms with E-state index in [1.165, 1.54) is 7.11 Å². The molecule has 0 bridgehead atoms. The number of hydrogen-bond acceptors (Lipinski definition) is 6. The second kappa shape index (κ2) is 6.92. The first-order chi connectivity index (χ1) is 11.7. The molecule has 122 valence electrons. The Balaban J connectivity index is 1.79. The van der Waals surface area contributed by atoms with E-state index in [2.05, 4.69) is 6.07 Å². The van der Waals surface area contributed by atoms with E-state index in [-0.39, 0.29) is 6.61 Å². The Labute approximate surface area is 139 Å². The Morgan fingerprint density at radius 3 is 2.83 bits per heavy atom.